The van der Waals surface area contributed by atoms with Gasteiger partial charge >= 0.3 is 5.97 Å². The number of carboxylic acid groups (broad SMARTS) is 1. The van der Waals surface area contributed by atoms with E-state index in [1.165, 1.54) is 18.0 Å². The first-order chi connectivity index (χ1) is 9.69. The number of rotatable bonds is 4. The van der Waals surface area contributed by atoms with E-state index in [1.54, 1.807) is 0 Å². The molecule has 0 aliphatic heterocycles. The van der Waals surface area contributed by atoms with E-state index in [1.807, 2.05) is 24.3 Å². The van der Waals surface area contributed by atoms with E-state index >= 15 is 0 Å². The molecule has 3 rings (SSSR count). The van der Waals surface area contributed by atoms with Gasteiger partial charge in [0, 0.05) is 10.9 Å². The van der Waals surface area contributed by atoms with Gasteiger partial charge in [0.2, 0.25) is 0 Å². The molecule has 1 saturated carbocycles. The number of aliphatic carboxylic acids is 1. The Morgan fingerprint density at radius 2 is 2.05 bits per heavy atom. The van der Waals surface area contributed by atoms with Crippen LogP contribution in [0.4, 0.5) is 5.00 Å². The molecule has 1 fully saturated rings. The number of hydrogen-bond donors (Lipinski definition) is 2. The summed E-state index contributed by atoms with van der Waals surface area (Å²) >= 11 is 1.43. The molecule has 4 nitrogen and oxygen atoms in total. The highest BCUT2D eigenvalue weighted by Crippen LogP contribution is 2.38. The van der Waals surface area contributed by atoms with Crippen molar-refractivity contribution in [3.63, 3.8) is 0 Å². The predicted molar refractivity (Wildman–Crippen MR) is 81.3 cm³/mol. The minimum atomic E-state index is -0.728. The van der Waals surface area contributed by atoms with Crippen LogP contribution < -0.4 is 5.32 Å². The first kappa shape index (κ1) is 13.4. The number of aromatic nitrogens is 1. The van der Waals surface area contributed by atoms with Crippen LogP contribution in [0.15, 0.2) is 24.3 Å². The summed E-state index contributed by atoms with van der Waals surface area (Å²) in [6, 6.07) is 7.99. The monoisotopic (exact) mass is 290 g/mol. The quantitative estimate of drug-likeness (QED) is 0.897. The Kier molecular flexibility index (Phi) is 3.61. The van der Waals surface area contributed by atoms with Crippen molar-refractivity contribution in [2.45, 2.75) is 44.1 Å². The Morgan fingerprint density at radius 1 is 1.30 bits per heavy atom. The van der Waals surface area contributed by atoms with Crippen LogP contribution in [-0.2, 0) is 4.79 Å². The number of nitrogens with zero attached hydrogens (tertiary/aromatic N) is 1. The maximum atomic E-state index is 11.2. The van der Waals surface area contributed by atoms with Gasteiger partial charge in [0.15, 0.2) is 0 Å². The van der Waals surface area contributed by atoms with Gasteiger partial charge in [-0.1, -0.05) is 31.4 Å². The molecule has 1 aliphatic carbocycles. The predicted octanol–water partition coefficient (Wildman–Crippen LogP) is 3.89. The second kappa shape index (κ2) is 5.40. The first-order valence-corrected chi connectivity index (χ1v) is 7.80. The molecule has 0 bridgehead atoms. The van der Waals surface area contributed by atoms with Gasteiger partial charge in [-0.2, -0.15) is 4.37 Å². The molecule has 0 spiro atoms. The largest absolute Gasteiger partial charge is 0.481 e. The van der Waals surface area contributed by atoms with Gasteiger partial charge < -0.3 is 10.4 Å². The molecule has 0 amide bonds. The van der Waals surface area contributed by atoms with Crippen molar-refractivity contribution >= 4 is 33.4 Å². The van der Waals surface area contributed by atoms with E-state index in [0.717, 1.165) is 41.6 Å². The molecule has 0 unspecified atom stereocenters. The summed E-state index contributed by atoms with van der Waals surface area (Å²) in [4.78, 5) is 11.2. The molecule has 0 atom stereocenters. The minimum absolute atomic E-state index is 0.180. The fourth-order valence-electron chi connectivity index (χ4n) is 3.08. The second-order valence-electron chi connectivity index (χ2n) is 5.57. The fourth-order valence-corrected chi connectivity index (χ4v) is 3.97. The molecule has 2 aromatic rings. The maximum absolute atomic E-state index is 11.2. The van der Waals surface area contributed by atoms with Crippen LogP contribution in [0.1, 0.15) is 38.5 Å². The third-order valence-electron chi connectivity index (χ3n) is 4.06. The molecule has 106 valence electrons. The Balaban J connectivity index is 1.91. The third kappa shape index (κ3) is 2.63. The van der Waals surface area contributed by atoms with Gasteiger partial charge in [0.05, 0.1) is 11.9 Å². The first-order valence-electron chi connectivity index (χ1n) is 7.03. The summed E-state index contributed by atoms with van der Waals surface area (Å²) in [6.45, 7) is 0. The SMILES string of the molecule is O=C(O)CC1(Nc2snc3ccccc23)CCCCC1. The molecule has 0 radical (unpaired) electrons. The molecule has 0 saturated heterocycles. The summed E-state index contributed by atoms with van der Waals surface area (Å²) in [5.74, 6) is -0.728. The van der Waals surface area contributed by atoms with Gasteiger partial charge in [-0.25, -0.2) is 0 Å². The van der Waals surface area contributed by atoms with Gasteiger partial charge in [-0.05, 0) is 36.5 Å². The number of fused-ring (bicyclic) bond motifs is 1. The standard InChI is InChI=1S/C15H18N2O2S/c18-13(19)10-15(8-4-1-5-9-15)16-14-11-6-2-3-7-12(11)17-20-14/h2-3,6-7,16H,1,4-5,8-10H2,(H,18,19). The number of carboxylic acids is 1. The molecule has 20 heavy (non-hydrogen) atoms. The molecule has 5 heteroatoms. The molecule has 1 aromatic carbocycles. The van der Waals surface area contributed by atoms with Gasteiger partial charge in [-0.3, -0.25) is 4.79 Å². The highest BCUT2D eigenvalue weighted by Gasteiger charge is 2.35. The lowest BCUT2D eigenvalue weighted by Gasteiger charge is -2.37. The van der Waals surface area contributed by atoms with E-state index in [2.05, 4.69) is 9.69 Å². The van der Waals surface area contributed by atoms with E-state index in [9.17, 15) is 9.90 Å². The van der Waals surface area contributed by atoms with Crippen molar-refractivity contribution in [2.75, 3.05) is 5.32 Å². The van der Waals surface area contributed by atoms with Crippen molar-refractivity contribution in [1.29, 1.82) is 0 Å². The van der Waals surface area contributed by atoms with Crippen LogP contribution >= 0.6 is 11.5 Å². The molecule has 1 aromatic heterocycles. The summed E-state index contributed by atoms with van der Waals surface area (Å²) in [6.07, 6.45) is 5.41. The average molecular weight is 290 g/mol. The van der Waals surface area contributed by atoms with Crippen molar-refractivity contribution in [2.24, 2.45) is 0 Å². The van der Waals surface area contributed by atoms with E-state index in [4.69, 9.17) is 0 Å². The van der Waals surface area contributed by atoms with Crippen LogP contribution in [0, 0.1) is 0 Å². The lowest BCUT2D eigenvalue weighted by atomic mass is 9.79. The number of benzene rings is 1. The number of carbonyl (C=O) groups is 1. The third-order valence-corrected chi connectivity index (χ3v) is 4.86. The lowest BCUT2D eigenvalue weighted by Crippen LogP contribution is -2.42. The van der Waals surface area contributed by atoms with E-state index in [-0.39, 0.29) is 12.0 Å². The summed E-state index contributed by atoms with van der Waals surface area (Å²) in [5, 5.41) is 14.8. The van der Waals surface area contributed by atoms with Crippen LogP contribution in [0.25, 0.3) is 10.9 Å². The van der Waals surface area contributed by atoms with Gasteiger partial charge in [-0.15, -0.1) is 0 Å². The van der Waals surface area contributed by atoms with Crippen molar-refractivity contribution < 1.29 is 9.90 Å². The van der Waals surface area contributed by atoms with E-state index < -0.39 is 5.97 Å². The molecular formula is C15H18N2O2S. The molecule has 2 N–H and O–H groups in total. The smallest absolute Gasteiger partial charge is 0.305 e. The Morgan fingerprint density at radius 3 is 2.80 bits per heavy atom. The van der Waals surface area contributed by atoms with Crippen molar-refractivity contribution in [3.05, 3.63) is 24.3 Å². The Labute approximate surface area is 122 Å². The van der Waals surface area contributed by atoms with Crippen molar-refractivity contribution in [3.8, 4) is 0 Å². The summed E-state index contributed by atoms with van der Waals surface area (Å²) in [5.41, 5.74) is 0.667. The zero-order valence-electron chi connectivity index (χ0n) is 11.3. The maximum Gasteiger partial charge on any atom is 0.305 e. The normalized spacial score (nSPS) is 18.0. The van der Waals surface area contributed by atoms with Crippen LogP contribution in [0.2, 0.25) is 0 Å². The summed E-state index contributed by atoms with van der Waals surface area (Å²) < 4.78 is 4.43. The van der Waals surface area contributed by atoms with E-state index in [0.29, 0.717) is 0 Å². The van der Waals surface area contributed by atoms with Crippen LogP contribution in [-0.4, -0.2) is 21.0 Å². The Bertz CT molecular complexity index is 617. The van der Waals surface area contributed by atoms with Crippen LogP contribution in [0.5, 0.6) is 0 Å². The average Bonchev–Trinajstić information content (AvgIpc) is 2.82. The molecule has 1 heterocycles. The number of anilines is 1. The topological polar surface area (TPSA) is 62.2 Å². The van der Waals surface area contributed by atoms with Gasteiger partial charge in [0.25, 0.3) is 0 Å². The number of nitrogens with one attached hydrogen (secondary N) is 1. The second-order valence-corrected chi connectivity index (χ2v) is 6.34. The summed E-state index contributed by atoms with van der Waals surface area (Å²) in [7, 11) is 0. The highest BCUT2D eigenvalue weighted by atomic mass is 32.1. The lowest BCUT2D eigenvalue weighted by molar-refractivity contribution is -0.138. The van der Waals surface area contributed by atoms with Crippen LogP contribution in [0.3, 0.4) is 0 Å². The highest BCUT2D eigenvalue weighted by molar-refractivity contribution is 7.11. The van der Waals surface area contributed by atoms with Crippen molar-refractivity contribution in [1.82, 2.24) is 4.37 Å². The molecular weight excluding hydrogens is 272 g/mol. The van der Waals surface area contributed by atoms with Gasteiger partial charge in [0.1, 0.15) is 5.00 Å². The Hall–Kier alpha value is -1.62. The zero-order valence-corrected chi connectivity index (χ0v) is 12.1. The minimum Gasteiger partial charge on any atom is -0.481 e. The number of hydrogen-bond acceptors (Lipinski definition) is 4. The fraction of sp³-hybridized carbons (Fsp3) is 0.467. The molecule has 1 aliphatic rings. The zero-order chi connectivity index (χ0) is 14.0.